The van der Waals surface area contributed by atoms with Crippen molar-refractivity contribution in [2.24, 2.45) is 0 Å². The van der Waals surface area contributed by atoms with Crippen molar-refractivity contribution in [1.29, 1.82) is 0 Å². The van der Waals surface area contributed by atoms with E-state index < -0.39 is 17.8 Å². The molecule has 1 fully saturated rings. The van der Waals surface area contributed by atoms with Crippen molar-refractivity contribution < 1.29 is 23.5 Å². The molecule has 0 radical (unpaired) electrons. The fourth-order valence-electron chi connectivity index (χ4n) is 4.91. The van der Waals surface area contributed by atoms with Crippen molar-refractivity contribution in [2.45, 2.75) is 26.3 Å². The largest absolute Gasteiger partial charge is 0.463 e. The quantitative estimate of drug-likeness (QED) is 0.530. The lowest BCUT2D eigenvalue weighted by Gasteiger charge is -2.38. The Morgan fingerprint density at radius 2 is 1.84 bits per heavy atom. The highest BCUT2D eigenvalue weighted by Crippen LogP contribution is 2.32. The first kappa shape index (κ1) is 27.6. The number of hydrogen-bond donors (Lipinski definition) is 1. The first-order chi connectivity index (χ1) is 18.3. The van der Waals surface area contributed by atoms with Crippen molar-refractivity contribution in [2.75, 3.05) is 45.9 Å². The van der Waals surface area contributed by atoms with Gasteiger partial charge >= 0.3 is 12.0 Å². The Bertz CT molecular complexity index is 1220. The Morgan fingerprint density at radius 1 is 1.08 bits per heavy atom. The minimum absolute atomic E-state index is 0.198. The van der Waals surface area contributed by atoms with Gasteiger partial charge in [0.05, 0.1) is 18.2 Å². The van der Waals surface area contributed by atoms with Crippen LogP contribution < -0.4 is 5.32 Å². The molecule has 8 nitrogen and oxygen atoms in total. The average molecular weight is 543 g/mol. The number of likely N-dealkylation sites (N-methyl/N-ethyl adjacent to an activating group) is 1. The van der Waals surface area contributed by atoms with Crippen molar-refractivity contribution in [3.05, 3.63) is 81.8 Å². The van der Waals surface area contributed by atoms with Crippen LogP contribution >= 0.6 is 11.6 Å². The molecule has 1 atom stereocenters. The zero-order valence-corrected chi connectivity index (χ0v) is 22.3. The van der Waals surface area contributed by atoms with Gasteiger partial charge in [0.1, 0.15) is 5.82 Å². The van der Waals surface area contributed by atoms with E-state index in [1.807, 2.05) is 6.92 Å². The summed E-state index contributed by atoms with van der Waals surface area (Å²) < 4.78 is 19.1. The normalized spacial score (nSPS) is 18.7. The number of urea groups is 1. The Morgan fingerprint density at radius 3 is 2.53 bits per heavy atom. The molecule has 10 heteroatoms. The molecule has 38 heavy (non-hydrogen) atoms. The summed E-state index contributed by atoms with van der Waals surface area (Å²) in [6.07, 6.45) is 0.696. The number of halogens is 2. The Balaban J connectivity index is 1.61. The summed E-state index contributed by atoms with van der Waals surface area (Å²) in [5, 5.41) is 3.50. The third-order valence-electron chi connectivity index (χ3n) is 6.77. The topological polar surface area (TPSA) is 82.2 Å². The zero-order valence-electron chi connectivity index (χ0n) is 21.6. The minimum atomic E-state index is -0.686. The lowest BCUT2D eigenvalue weighted by Crippen LogP contribution is -2.51. The van der Waals surface area contributed by atoms with Crippen LogP contribution in [0.1, 0.15) is 42.2 Å². The minimum Gasteiger partial charge on any atom is -0.463 e. The number of carbonyl (C=O) groups excluding carboxylic acids is 3. The SMILES string of the molecule is CCOC(=O)C1=C(CN2CCCN(C(=O)c3cccc(F)c3)CC2)N(CC)C(=O)N[C@@H]1c1ccc(Cl)cc1. The third kappa shape index (κ3) is 6.16. The zero-order chi connectivity index (χ0) is 27.2. The predicted octanol–water partition coefficient (Wildman–Crippen LogP) is 4.23. The van der Waals surface area contributed by atoms with Gasteiger partial charge in [0.2, 0.25) is 0 Å². The Labute approximate surface area is 227 Å². The lowest BCUT2D eigenvalue weighted by atomic mass is 9.94. The number of esters is 1. The van der Waals surface area contributed by atoms with Crippen LogP contribution in [0, 0.1) is 5.82 Å². The van der Waals surface area contributed by atoms with Gasteiger partial charge in [-0.1, -0.05) is 29.8 Å². The summed E-state index contributed by atoms with van der Waals surface area (Å²) in [5.41, 5.74) is 2.01. The highest BCUT2D eigenvalue weighted by atomic mass is 35.5. The summed E-state index contributed by atoms with van der Waals surface area (Å²) in [4.78, 5) is 44.8. The maximum absolute atomic E-state index is 13.7. The van der Waals surface area contributed by atoms with Gasteiger partial charge in [-0.2, -0.15) is 0 Å². The second-order valence-electron chi connectivity index (χ2n) is 9.19. The first-order valence-electron chi connectivity index (χ1n) is 12.8. The van der Waals surface area contributed by atoms with Crippen molar-refractivity contribution >= 4 is 29.5 Å². The van der Waals surface area contributed by atoms with E-state index in [0.29, 0.717) is 67.5 Å². The number of ether oxygens (including phenoxy) is 1. The molecule has 4 rings (SSSR count). The standard InChI is InChI=1S/C28H32ClFN4O4/c1-3-34-23(18-32-13-6-14-33(16-15-32)26(35)20-7-5-8-22(30)17-20)24(27(36)38-4-2)25(31-28(34)37)19-9-11-21(29)12-10-19/h5,7-12,17,25H,3-4,6,13-16,18H2,1-2H3,(H,31,37)/t25-/m1/s1. The summed E-state index contributed by atoms with van der Waals surface area (Å²) in [7, 11) is 0. The molecule has 2 aliphatic heterocycles. The van der Waals surface area contributed by atoms with Gasteiger partial charge in [0.15, 0.2) is 0 Å². The number of hydrogen-bond acceptors (Lipinski definition) is 5. The van der Waals surface area contributed by atoms with Gasteiger partial charge < -0.3 is 15.0 Å². The predicted molar refractivity (Wildman–Crippen MR) is 142 cm³/mol. The van der Waals surface area contributed by atoms with Crippen LogP contribution in [0.5, 0.6) is 0 Å². The molecule has 0 aliphatic carbocycles. The monoisotopic (exact) mass is 542 g/mol. The highest BCUT2D eigenvalue weighted by molar-refractivity contribution is 6.30. The number of rotatable bonds is 7. The van der Waals surface area contributed by atoms with E-state index in [4.69, 9.17) is 16.3 Å². The van der Waals surface area contributed by atoms with Gasteiger partial charge in [-0.3, -0.25) is 14.6 Å². The fourth-order valence-corrected chi connectivity index (χ4v) is 5.04. The number of carbonyl (C=O) groups is 3. The van der Waals surface area contributed by atoms with E-state index in [9.17, 15) is 18.8 Å². The molecule has 3 amide bonds. The molecule has 2 aromatic carbocycles. The molecule has 1 saturated heterocycles. The van der Waals surface area contributed by atoms with Crippen LogP contribution in [0.2, 0.25) is 5.02 Å². The van der Waals surface area contributed by atoms with Crippen LogP contribution in [0.3, 0.4) is 0 Å². The lowest BCUT2D eigenvalue weighted by molar-refractivity contribution is -0.139. The van der Waals surface area contributed by atoms with Gasteiger partial charge in [0, 0.05) is 55.6 Å². The molecule has 0 aromatic heterocycles. The van der Waals surface area contributed by atoms with Crippen molar-refractivity contribution in [3.8, 4) is 0 Å². The average Bonchev–Trinajstić information content (AvgIpc) is 3.14. The van der Waals surface area contributed by atoms with Gasteiger partial charge in [-0.25, -0.2) is 14.0 Å². The van der Waals surface area contributed by atoms with E-state index in [2.05, 4.69) is 10.2 Å². The molecule has 2 aromatic rings. The molecular formula is C28H32ClFN4O4. The molecule has 2 heterocycles. The number of nitrogens with one attached hydrogen (secondary N) is 1. The van der Waals surface area contributed by atoms with Crippen LogP contribution in [0.25, 0.3) is 0 Å². The Kier molecular flexibility index (Phi) is 9.01. The summed E-state index contributed by atoms with van der Waals surface area (Å²) in [6.45, 7) is 6.67. The van der Waals surface area contributed by atoms with E-state index in [0.717, 1.165) is 5.56 Å². The summed E-state index contributed by atoms with van der Waals surface area (Å²) >= 11 is 6.07. The van der Waals surface area contributed by atoms with Crippen LogP contribution in [-0.2, 0) is 9.53 Å². The summed E-state index contributed by atoms with van der Waals surface area (Å²) in [6, 6.07) is 11.7. The maximum atomic E-state index is 13.7. The fraction of sp³-hybridized carbons (Fsp3) is 0.393. The highest BCUT2D eigenvalue weighted by Gasteiger charge is 2.38. The van der Waals surface area contributed by atoms with Gasteiger partial charge in [0.25, 0.3) is 5.91 Å². The smallest absolute Gasteiger partial charge is 0.338 e. The van der Waals surface area contributed by atoms with Crippen LogP contribution in [-0.4, -0.2) is 78.5 Å². The number of benzene rings is 2. The number of nitrogens with zero attached hydrogens (tertiary/aromatic N) is 3. The second kappa shape index (κ2) is 12.4. The van der Waals surface area contributed by atoms with E-state index in [1.54, 1.807) is 47.1 Å². The first-order valence-corrected chi connectivity index (χ1v) is 13.2. The molecule has 0 unspecified atom stereocenters. The van der Waals surface area contributed by atoms with Crippen LogP contribution in [0.4, 0.5) is 9.18 Å². The molecule has 0 saturated carbocycles. The maximum Gasteiger partial charge on any atom is 0.338 e. The van der Waals surface area contributed by atoms with E-state index >= 15 is 0 Å². The molecule has 0 bridgehead atoms. The summed E-state index contributed by atoms with van der Waals surface area (Å²) in [5.74, 6) is -1.15. The van der Waals surface area contributed by atoms with Crippen molar-refractivity contribution in [3.63, 3.8) is 0 Å². The van der Waals surface area contributed by atoms with Gasteiger partial charge in [-0.05, 0) is 56.2 Å². The van der Waals surface area contributed by atoms with Crippen LogP contribution in [0.15, 0.2) is 59.8 Å². The number of amides is 3. The molecule has 1 N–H and O–H groups in total. The van der Waals surface area contributed by atoms with Crippen molar-refractivity contribution in [1.82, 2.24) is 20.0 Å². The molecule has 2 aliphatic rings. The molecule has 0 spiro atoms. The van der Waals surface area contributed by atoms with E-state index in [1.165, 1.54) is 18.2 Å². The Hall–Kier alpha value is -3.43. The molecular weight excluding hydrogens is 511 g/mol. The van der Waals surface area contributed by atoms with Gasteiger partial charge in [-0.15, -0.1) is 0 Å². The second-order valence-corrected chi connectivity index (χ2v) is 9.63. The van der Waals surface area contributed by atoms with E-state index in [-0.39, 0.29) is 18.5 Å². The third-order valence-corrected chi connectivity index (χ3v) is 7.03. The molecule has 202 valence electrons.